The van der Waals surface area contributed by atoms with E-state index in [1.165, 1.54) is 0 Å². The molecule has 0 fully saturated rings. The lowest BCUT2D eigenvalue weighted by Gasteiger charge is -2.21. The first-order valence-electron chi connectivity index (χ1n) is 7.02. The van der Waals surface area contributed by atoms with Crippen molar-refractivity contribution >= 4 is 11.7 Å². The van der Waals surface area contributed by atoms with Gasteiger partial charge in [0.05, 0.1) is 18.8 Å². The van der Waals surface area contributed by atoms with Crippen molar-refractivity contribution in [3.63, 3.8) is 0 Å². The van der Waals surface area contributed by atoms with Crippen LogP contribution in [-0.2, 0) is 14.9 Å². The van der Waals surface area contributed by atoms with E-state index in [2.05, 4.69) is 25.9 Å². The number of esters is 1. The fraction of sp³-hybridized carbons (Fsp3) is 0.500. The molecule has 5 nitrogen and oxygen atoms in total. The molecule has 0 aliphatic carbocycles. The molecule has 21 heavy (non-hydrogen) atoms. The third kappa shape index (κ3) is 4.21. The van der Waals surface area contributed by atoms with Crippen molar-refractivity contribution < 1.29 is 19.5 Å². The molecule has 0 spiro atoms. The number of ether oxygens (including phenoxy) is 2. The minimum absolute atomic E-state index is 0.0508. The second-order valence-electron chi connectivity index (χ2n) is 5.56. The highest BCUT2D eigenvalue weighted by molar-refractivity contribution is 6.43. The summed E-state index contributed by atoms with van der Waals surface area (Å²) in [6.07, 6.45) is 0. The third-order valence-corrected chi connectivity index (χ3v) is 2.97. The Balaban J connectivity index is 3.31. The van der Waals surface area contributed by atoms with Crippen LogP contribution in [-0.4, -0.2) is 30.1 Å². The zero-order valence-corrected chi connectivity index (χ0v) is 13.3. The fourth-order valence-electron chi connectivity index (χ4n) is 1.86. The molecule has 0 heterocycles. The van der Waals surface area contributed by atoms with Crippen LogP contribution < -0.4 is 4.74 Å². The van der Waals surface area contributed by atoms with Gasteiger partial charge >= 0.3 is 5.97 Å². The van der Waals surface area contributed by atoms with Gasteiger partial charge in [0.2, 0.25) is 0 Å². The number of rotatable bonds is 5. The lowest BCUT2D eigenvalue weighted by Crippen LogP contribution is -2.20. The molecule has 0 amide bonds. The Morgan fingerprint density at radius 2 is 1.90 bits per heavy atom. The Hall–Kier alpha value is -2.04. The summed E-state index contributed by atoms with van der Waals surface area (Å²) in [6, 6.07) is 5.48. The molecule has 0 saturated carbocycles. The van der Waals surface area contributed by atoms with Gasteiger partial charge < -0.3 is 14.7 Å². The fourth-order valence-corrected chi connectivity index (χ4v) is 1.86. The summed E-state index contributed by atoms with van der Waals surface area (Å²) in [6.45, 7) is 10.5. The van der Waals surface area contributed by atoms with E-state index < -0.39 is 5.97 Å². The number of carbonyl (C=O) groups is 1. The minimum Gasteiger partial charge on any atom is -0.493 e. The van der Waals surface area contributed by atoms with Crippen molar-refractivity contribution in [3.05, 3.63) is 29.3 Å². The van der Waals surface area contributed by atoms with Crippen LogP contribution in [0.25, 0.3) is 0 Å². The standard InChI is InChI=1S/C16H23NO4/c1-6-20-13-10-11(16(3,4)5)8-9-12(13)14(17-19)15(18)21-7-2/h8-10,19H,6-7H2,1-5H3/b17-14+. The second-order valence-corrected chi connectivity index (χ2v) is 5.56. The quantitative estimate of drug-likeness (QED) is 0.392. The molecule has 0 unspecified atom stereocenters. The van der Waals surface area contributed by atoms with Gasteiger partial charge in [-0.3, -0.25) is 0 Å². The van der Waals surface area contributed by atoms with E-state index in [4.69, 9.17) is 14.7 Å². The number of carbonyl (C=O) groups excluding carboxylic acids is 1. The summed E-state index contributed by atoms with van der Waals surface area (Å²) in [5.74, 6) is -0.171. The Labute approximate surface area is 125 Å². The van der Waals surface area contributed by atoms with Crippen molar-refractivity contribution in [2.24, 2.45) is 5.16 Å². The first-order valence-corrected chi connectivity index (χ1v) is 7.02. The SMILES string of the molecule is CCOC(=O)/C(=N/O)c1ccc(C(C)(C)C)cc1OCC. The van der Waals surface area contributed by atoms with E-state index in [0.717, 1.165) is 5.56 Å². The van der Waals surface area contributed by atoms with Crippen molar-refractivity contribution in [1.82, 2.24) is 0 Å². The van der Waals surface area contributed by atoms with Gasteiger partial charge in [-0.05, 0) is 37.0 Å². The number of oxime groups is 1. The number of benzene rings is 1. The molecule has 0 radical (unpaired) electrons. The zero-order valence-electron chi connectivity index (χ0n) is 13.3. The van der Waals surface area contributed by atoms with E-state index in [1.54, 1.807) is 13.0 Å². The molecule has 1 aromatic rings. The van der Waals surface area contributed by atoms with Crippen LogP contribution in [0.1, 0.15) is 45.7 Å². The highest BCUT2D eigenvalue weighted by Gasteiger charge is 2.23. The molecule has 0 atom stereocenters. The van der Waals surface area contributed by atoms with Crippen LogP contribution in [0.4, 0.5) is 0 Å². The molecule has 0 saturated heterocycles. The average Bonchev–Trinajstić information content (AvgIpc) is 2.40. The first kappa shape index (κ1) is 17.0. The normalized spacial score (nSPS) is 12.1. The Morgan fingerprint density at radius 3 is 2.38 bits per heavy atom. The largest absolute Gasteiger partial charge is 0.493 e. The Morgan fingerprint density at radius 1 is 1.24 bits per heavy atom. The highest BCUT2D eigenvalue weighted by Crippen LogP contribution is 2.29. The van der Waals surface area contributed by atoms with Crippen LogP contribution in [0, 0.1) is 0 Å². The Bertz CT molecular complexity index is 530. The van der Waals surface area contributed by atoms with E-state index in [-0.39, 0.29) is 17.7 Å². The molecule has 0 aromatic heterocycles. The van der Waals surface area contributed by atoms with Gasteiger partial charge in [-0.25, -0.2) is 4.79 Å². The first-order chi connectivity index (χ1) is 9.85. The molecular weight excluding hydrogens is 270 g/mol. The van der Waals surface area contributed by atoms with Crippen molar-refractivity contribution in [2.75, 3.05) is 13.2 Å². The zero-order chi connectivity index (χ0) is 16.0. The summed E-state index contributed by atoms with van der Waals surface area (Å²) in [5, 5.41) is 12.2. The summed E-state index contributed by atoms with van der Waals surface area (Å²) < 4.78 is 10.5. The monoisotopic (exact) mass is 293 g/mol. The van der Waals surface area contributed by atoms with Crippen molar-refractivity contribution in [1.29, 1.82) is 0 Å². The smallest absolute Gasteiger partial charge is 0.361 e. The van der Waals surface area contributed by atoms with E-state index in [1.807, 2.05) is 19.1 Å². The molecule has 0 aliphatic rings. The van der Waals surface area contributed by atoms with Gasteiger partial charge in [0, 0.05) is 0 Å². The molecule has 0 aliphatic heterocycles. The van der Waals surface area contributed by atoms with Crippen LogP contribution in [0.5, 0.6) is 5.75 Å². The third-order valence-electron chi connectivity index (χ3n) is 2.97. The average molecular weight is 293 g/mol. The number of hydrogen-bond acceptors (Lipinski definition) is 5. The van der Waals surface area contributed by atoms with Crippen molar-refractivity contribution in [3.8, 4) is 5.75 Å². The second kappa shape index (κ2) is 7.11. The van der Waals surface area contributed by atoms with E-state index >= 15 is 0 Å². The molecule has 1 N–H and O–H groups in total. The highest BCUT2D eigenvalue weighted by atomic mass is 16.5. The van der Waals surface area contributed by atoms with Gasteiger partial charge in [-0.1, -0.05) is 32.0 Å². The van der Waals surface area contributed by atoms with Gasteiger partial charge in [0.25, 0.3) is 0 Å². The van der Waals surface area contributed by atoms with Gasteiger partial charge in [-0.2, -0.15) is 0 Å². The Kier molecular flexibility index (Phi) is 5.76. The van der Waals surface area contributed by atoms with Gasteiger partial charge in [-0.15, -0.1) is 0 Å². The molecular formula is C16H23NO4. The molecule has 1 rings (SSSR count). The predicted octanol–water partition coefficient (Wildman–Crippen LogP) is 3.12. The molecule has 0 bridgehead atoms. The number of hydrogen-bond donors (Lipinski definition) is 1. The van der Waals surface area contributed by atoms with Gasteiger partial charge in [0.15, 0.2) is 5.71 Å². The van der Waals surface area contributed by atoms with Crippen LogP contribution in [0.3, 0.4) is 0 Å². The van der Waals surface area contributed by atoms with Gasteiger partial charge in [0.1, 0.15) is 5.75 Å². The molecule has 116 valence electrons. The summed E-state index contributed by atoms with van der Waals surface area (Å²) in [7, 11) is 0. The van der Waals surface area contributed by atoms with Crippen LogP contribution in [0.15, 0.2) is 23.4 Å². The maximum Gasteiger partial charge on any atom is 0.361 e. The molecule has 5 heteroatoms. The minimum atomic E-state index is -0.676. The van der Waals surface area contributed by atoms with E-state index in [9.17, 15) is 4.79 Å². The molecule has 1 aromatic carbocycles. The van der Waals surface area contributed by atoms with Crippen molar-refractivity contribution in [2.45, 2.75) is 40.0 Å². The van der Waals surface area contributed by atoms with Crippen LogP contribution >= 0.6 is 0 Å². The number of nitrogens with zero attached hydrogens (tertiary/aromatic N) is 1. The summed E-state index contributed by atoms with van der Waals surface area (Å²) >= 11 is 0. The summed E-state index contributed by atoms with van der Waals surface area (Å²) in [5.41, 5.74) is 1.28. The maximum atomic E-state index is 11.8. The maximum absolute atomic E-state index is 11.8. The lowest BCUT2D eigenvalue weighted by molar-refractivity contribution is -0.135. The predicted molar refractivity (Wildman–Crippen MR) is 81.3 cm³/mol. The topological polar surface area (TPSA) is 68.1 Å². The van der Waals surface area contributed by atoms with Crippen LogP contribution in [0.2, 0.25) is 0 Å². The van der Waals surface area contributed by atoms with E-state index in [0.29, 0.717) is 17.9 Å². The lowest BCUT2D eigenvalue weighted by atomic mass is 9.86. The summed E-state index contributed by atoms with van der Waals surface area (Å²) in [4.78, 5) is 11.8.